The minimum atomic E-state index is 0.256. The van der Waals surface area contributed by atoms with Crippen LogP contribution in [0, 0.1) is 5.41 Å². The molecule has 0 saturated heterocycles. The number of rotatable bonds is 3. The molecule has 0 spiro atoms. The fraction of sp³-hybridized carbons (Fsp3) is 0.529. The van der Waals surface area contributed by atoms with E-state index in [2.05, 4.69) is 65.0 Å². The summed E-state index contributed by atoms with van der Waals surface area (Å²) in [6.45, 7) is 11.2. The Morgan fingerprint density at radius 1 is 1.35 bits per heavy atom. The maximum atomic E-state index is 2.33. The number of hydrogen-bond acceptors (Lipinski definition) is 0. The first kappa shape index (κ1) is 14.0. The summed E-state index contributed by atoms with van der Waals surface area (Å²) >= 11 is 0. The molecule has 0 amide bonds. The van der Waals surface area contributed by atoms with Gasteiger partial charge in [-0.2, -0.15) is 0 Å². The first-order chi connectivity index (χ1) is 7.95. The molecule has 0 aromatic carbocycles. The molecule has 0 nitrogen and oxygen atoms in total. The standard InChI is InChI=1S/C17H26/c1-6-15(3)17(4,5)13-16-10-8-7-9-14(2)11-12-16/h6,8,10-12H,7,9,13H2,1-5H3. The van der Waals surface area contributed by atoms with Crippen LogP contribution in [-0.4, -0.2) is 0 Å². The Morgan fingerprint density at radius 2 is 2.06 bits per heavy atom. The Morgan fingerprint density at radius 3 is 2.71 bits per heavy atom. The van der Waals surface area contributed by atoms with E-state index in [-0.39, 0.29) is 5.41 Å². The van der Waals surface area contributed by atoms with Gasteiger partial charge in [0.05, 0.1) is 0 Å². The van der Waals surface area contributed by atoms with Crippen LogP contribution in [0.2, 0.25) is 0 Å². The topological polar surface area (TPSA) is 0 Å². The smallest absolute Gasteiger partial charge is 0.0107 e. The van der Waals surface area contributed by atoms with Gasteiger partial charge in [0.25, 0.3) is 0 Å². The van der Waals surface area contributed by atoms with Gasteiger partial charge in [0.15, 0.2) is 0 Å². The molecule has 0 heterocycles. The molecule has 0 radical (unpaired) electrons. The van der Waals surface area contributed by atoms with Crippen LogP contribution in [0.25, 0.3) is 0 Å². The van der Waals surface area contributed by atoms with Gasteiger partial charge in [-0.15, -0.1) is 0 Å². The minimum Gasteiger partial charge on any atom is -0.0882 e. The molecular formula is C17H26. The molecule has 94 valence electrons. The van der Waals surface area contributed by atoms with Crippen molar-refractivity contribution in [3.8, 4) is 0 Å². The van der Waals surface area contributed by atoms with E-state index in [0.717, 1.165) is 6.42 Å². The lowest BCUT2D eigenvalue weighted by Gasteiger charge is -2.26. The number of hydrogen-bond donors (Lipinski definition) is 0. The maximum absolute atomic E-state index is 2.33. The van der Waals surface area contributed by atoms with Crippen LogP contribution in [0.3, 0.4) is 0 Å². The zero-order chi connectivity index (χ0) is 12.9. The Kier molecular flexibility index (Phi) is 4.99. The fourth-order valence-corrected chi connectivity index (χ4v) is 2.09. The molecule has 0 bridgehead atoms. The molecule has 0 saturated carbocycles. The van der Waals surface area contributed by atoms with E-state index in [9.17, 15) is 0 Å². The first-order valence-corrected chi connectivity index (χ1v) is 6.62. The first-order valence-electron chi connectivity index (χ1n) is 6.62. The van der Waals surface area contributed by atoms with Crippen molar-refractivity contribution in [2.24, 2.45) is 5.41 Å². The molecule has 0 aromatic rings. The summed E-state index contributed by atoms with van der Waals surface area (Å²) in [6.07, 6.45) is 14.9. The van der Waals surface area contributed by atoms with Gasteiger partial charge in [0.1, 0.15) is 0 Å². The molecule has 17 heavy (non-hydrogen) atoms. The van der Waals surface area contributed by atoms with Gasteiger partial charge in [-0.1, -0.05) is 55.4 Å². The Labute approximate surface area is 107 Å². The summed E-state index contributed by atoms with van der Waals surface area (Å²) in [4.78, 5) is 0. The summed E-state index contributed by atoms with van der Waals surface area (Å²) in [7, 11) is 0. The van der Waals surface area contributed by atoms with E-state index >= 15 is 0 Å². The second-order valence-electron chi connectivity index (χ2n) is 5.73. The van der Waals surface area contributed by atoms with Crippen molar-refractivity contribution < 1.29 is 0 Å². The van der Waals surface area contributed by atoms with Gasteiger partial charge in [-0.25, -0.2) is 0 Å². The third-order valence-electron chi connectivity index (χ3n) is 3.77. The van der Waals surface area contributed by atoms with Crippen molar-refractivity contribution in [2.45, 2.75) is 53.9 Å². The van der Waals surface area contributed by atoms with Crippen LogP contribution >= 0.6 is 0 Å². The summed E-state index contributed by atoms with van der Waals surface area (Å²) in [5.41, 5.74) is 4.64. The van der Waals surface area contributed by atoms with Crippen LogP contribution in [0.5, 0.6) is 0 Å². The monoisotopic (exact) mass is 230 g/mol. The molecule has 1 rings (SSSR count). The Balaban J connectivity index is 2.86. The largest absolute Gasteiger partial charge is 0.0882 e. The zero-order valence-corrected chi connectivity index (χ0v) is 12.0. The highest BCUT2D eigenvalue weighted by Crippen LogP contribution is 2.34. The lowest BCUT2D eigenvalue weighted by atomic mass is 9.78. The average Bonchev–Trinajstić information content (AvgIpc) is 2.27. The summed E-state index contributed by atoms with van der Waals surface area (Å²) in [6, 6.07) is 0. The quantitative estimate of drug-likeness (QED) is 0.554. The molecule has 1 aliphatic rings. The molecule has 0 atom stereocenters. The van der Waals surface area contributed by atoms with E-state index in [1.54, 1.807) is 0 Å². The average molecular weight is 230 g/mol. The van der Waals surface area contributed by atoms with Crippen molar-refractivity contribution >= 4 is 0 Å². The summed E-state index contributed by atoms with van der Waals surface area (Å²) in [5.74, 6) is 0. The van der Waals surface area contributed by atoms with Gasteiger partial charge in [-0.3, -0.25) is 0 Å². The van der Waals surface area contributed by atoms with Crippen LogP contribution in [0.4, 0.5) is 0 Å². The van der Waals surface area contributed by atoms with Gasteiger partial charge >= 0.3 is 0 Å². The molecule has 0 unspecified atom stereocenters. The van der Waals surface area contributed by atoms with E-state index in [1.165, 1.54) is 29.6 Å². The molecule has 1 aliphatic carbocycles. The van der Waals surface area contributed by atoms with Crippen molar-refractivity contribution in [1.82, 2.24) is 0 Å². The fourth-order valence-electron chi connectivity index (χ4n) is 2.09. The highest BCUT2D eigenvalue weighted by molar-refractivity contribution is 5.30. The van der Waals surface area contributed by atoms with Crippen molar-refractivity contribution in [1.29, 1.82) is 0 Å². The lowest BCUT2D eigenvalue weighted by molar-refractivity contribution is 0.445. The van der Waals surface area contributed by atoms with Crippen LogP contribution in [-0.2, 0) is 0 Å². The maximum Gasteiger partial charge on any atom is -0.0107 e. The minimum absolute atomic E-state index is 0.256. The van der Waals surface area contributed by atoms with Gasteiger partial charge in [0.2, 0.25) is 0 Å². The second-order valence-corrected chi connectivity index (χ2v) is 5.73. The van der Waals surface area contributed by atoms with Crippen LogP contribution < -0.4 is 0 Å². The molecule has 0 N–H and O–H groups in total. The normalized spacial score (nSPS) is 18.3. The highest BCUT2D eigenvalue weighted by Gasteiger charge is 2.20. The zero-order valence-electron chi connectivity index (χ0n) is 12.0. The van der Waals surface area contributed by atoms with Crippen molar-refractivity contribution in [3.05, 3.63) is 47.1 Å². The second kappa shape index (κ2) is 6.05. The molecular weight excluding hydrogens is 204 g/mol. The van der Waals surface area contributed by atoms with Gasteiger partial charge in [-0.05, 0) is 51.0 Å². The Hall–Kier alpha value is -1.04. The summed E-state index contributed by atoms with van der Waals surface area (Å²) in [5, 5.41) is 0. The van der Waals surface area contributed by atoms with E-state index < -0.39 is 0 Å². The van der Waals surface area contributed by atoms with E-state index in [0.29, 0.717) is 0 Å². The molecule has 0 aliphatic heterocycles. The van der Waals surface area contributed by atoms with Crippen molar-refractivity contribution in [2.75, 3.05) is 0 Å². The van der Waals surface area contributed by atoms with Gasteiger partial charge < -0.3 is 0 Å². The third kappa shape index (κ3) is 4.38. The predicted molar refractivity (Wildman–Crippen MR) is 78.0 cm³/mol. The molecule has 0 fully saturated rings. The van der Waals surface area contributed by atoms with Crippen LogP contribution in [0.15, 0.2) is 47.1 Å². The molecule has 0 heteroatoms. The third-order valence-corrected chi connectivity index (χ3v) is 3.77. The highest BCUT2D eigenvalue weighted by atomic mass is 14.2. The van der Waals surface area contributed by atoms with Gasteiger partial charge in [0, 0.05) is 0 Å². The SMILES string of the molecule is CC=C(C)C(C)(C)CC1=CC=C(C)CCC=C1. The van der Waals surface area contributed by atoms with E-state index in [4.69, 9.17) is 0 Å². The number of allylic oxidation sites excluding steroid dienone is 8. The lowest BCUT2D eigenvalue weighted by Crippen LogP contribution is -2.13. The predicted octanol–water partition coefficient (Wildman–Crippen LogP) is 5.59. The van der Waals surface area contributed by atoms with Crippen molar-refractivity contribution in [3.63, 3.8) is 0 Å². The molecule has 0 aromatic heterocycles. The van der Waals surface area contributed by atoms with Crippen LogP contribution in [0.1, 0.15) is 53.9 Å². The summed E-state index contributed by atoms with van der Waals surface area (Å²) < 4.78 is 0. The Bertz CT molecular complexity index is 373. The van der Waals surface area contributed by atoms with E-state index in [1.807, 2.05) is 0 Å².